The van der Waals surface area contributed by atoms with Crippen LogP contribution in [0.15, 0.2) is 61.3 Å². The molecule has 0 saturated heterocycles. The number of benzene rings is 1. The zero-order valence-electron chi connectivity index (χ0n) is 12.7. The molecule has 4 nitrogen and oxygen atoms in total. The number of hydrogen-bond acceptors (Lipinski definition) is 4. The standard InChI is InChI=1S/C18H22N2O2/c1-2-13-21-17-9-7-16(8-10-17)15-19-11-5-14-22-18-6-3-4-12-20-18/h2-4,6-10,12,19H,1,5,11,13-15H2. The van der Waals surface area contributed by atoms with E-state index in [4.69, 9.17) is 9.47 Å². The van der Waals surface area contributed by atoms with Crippen molar-refractivity contribution in [2.24, 2.45) is 0 Å². The summed E-state index contributed by atoms with van der Waals surface area (Å²) < 4.78 is 11.0. The summed E-state index contributed by atoms with van der Waals surface area (Å²) in [6.45, 7) is 6.57. The van der Waals surface area contributed by atoms with Gasteiger partial charge in [-0.3, -0.25) is 0 Å². The molecule has 1 aromatic carbocycles. The van der Waals surface area contributed by atoms with Gasteiger partial charge in [-0.15, -0.1) is 0 Å². The molecule has 0 unspecified atom stereocenters. The molecule has 0 aliphatic carbocycles. The number of pyridine rings is 1. The number of nitrogens with zero attached hydrogens (tertiary/aromatic N) is 1. The third-order valence-corrected chi connectivity index (χ3v) is 3.01. The molecule has 0 atom stereocenters. The van der Waals surface area contributed by atoms with Crippen LogP contribution >= 0.6 is 0 Å². The monoisotopic (exact) mass is 298 g/mol. The van der Waals surface area contributed by atoms with Gasteiger partial charge in [0.15, 0.2) is 0 Å². The Bertz CT molecular complexity index is 541. The van der Waals surface area contributed by atoms with Gasteiger partial charge in [-0.05, 0) is 36.7 Å². The van der Waals surface area contributed by atoms with Crippen LogP contribution in [0.1, 0.15) is 12.0 Å². The molecule has 1 aromatic heterocycles. The van der Waals surface area contributed by atoms with Crippen molar-refractivity contribution in [2.45, 2.75) is 13.0 Å². The van der Waals surface area contributed by atoms with Crippen molar-refractivity contribution in [2.75, 3.05) is 19.8 Å². The van der Waals surface area contributed by atoms with E-state index in [-0.39, 0.29) is 0 Å². The van der Waals surface area contributed by atoms with E-state index in [1.54, 1.807) is 12.3 Å². The molecule has 0 bridgehead atoms. The first-order valence-electron chi connectivity index (χ1n) is 7.45. The van der Waals surface area contributed by atoms with Crippen molar-refractivity contribution in [1.82, 2.24) is 10.3 Å². The minimum Gasteiger partial charge on any atom is -0.490 e. The lowest BCUT2D eigenvalue weighted by molar-refractivity contribution is 0.296. The Morgan fingerprint density at radius 2 is 1.95 bits per heavy atom. The van der Waals surface area contributed by atoms with Gasteiger partial charge >= 0.3 is 0 Å². The van der Waals surface area contributed by atoms with Crippen LogP contribution in [0.5, 0.6) is 11.6 Å². The third-order valence-electron chi connectivity index (χ3n) is 3.01. The summed E-state index contributed by atoms with van der Waals surface area (Å²) in [4.78, 5) is 4.11. The largest absolute Gasteiger partial charge is 0.490 e. The molecular weight excluding hydrogens is 276 g/mol. The van der Waals surface area contributed by atoms with E-state index < -0.39 is 0 Å². The fourth-order valence-electron chi connectivity index (χ4n) is 1.90. The molecular formula is C18H22N2O2. The Kier molecular flexibility index (Phi) is 6.99. The number of nitrogens with one attached hydrogen (secondary N) is 1. The molecule has 2 rings (SSSR count). The highest BCUT2D eigenvalue weighted by atomic mass is 16.5. The van der Waals surface area contributed by atoms with E-state index in [1.807, 2.05) is 30.3 Å². The first-order chi connectivity index (χ1) is 10.9. The van der Waals surface area contributed by atoms with Crippen LogP contribution in [0.25, 0.3) is 0 Å². The molecule has 2 aromatic rings. The van der Waals surface area contributed by atoms with E-state index in [1.165, 1.54) is 5.56 Å². The third kappa shape index (κ3) is 5.97. The van der Waals surface area contributed by atoms with Gasteiger partial charge in [0.25, 0.3) is 0 Å². The quantitative estimate of drug-likeness (QED) is 0.540. The van der Waals surface area contributed by atoms with Gasteiger partial charge in [0.2, 0.25) is 5.88 Å². The van der Waals surface area contributed by atoms with Crippen LogP contribution in [0, 0.1) is 0 Å². The topological polar surface area (TPSA) is 43.4 Å². The molecule has 0 saturated carbocycles. The second kappa shape index (κ2) is 9.58. The Balaban J connectivity index is 1.57. The first-order valence-corrected chi connectivity index (χ1v) is 7.45. The van der Waals surface area contributed by atoms with Gasteiger partial charge in [-0.25, -0.2) is 4.98 Å². The van der Waals surface area contributed by atoms with E-state index >= 15 is 0 Å². The number of ether oxygens (including phenoxy) is 2. The maximum atomic E-state index is 5.54. The minimum absolute atomic E-state index is 0.536. The molecule has 1 N–H and O–H groups in total. The highest BCUT2D eigenvalue weighted by Crippen LogP contribution is 2.12. The Labute approximate surface area is 131 Å². The van der Waals surface area contributed by atoms with E-state index in [0.717, 1.165) is 25.3 Å². The highest BCUT2D eigenvalue weighted by Gasteiger charge is 1.96. The van der Waals surface area contributed by atoms with Gasteiger partial charge in [0.1, 0.15) is 12.4 Å². The summed E-state index contributed by atoms with van der Waals surface area (Å²) >= 11 is 0. The predicted molar refractivity (Wildman–Crippen MR) is 88.2 cm³/mol. The van der Waals surface area contributed by atoms with Crippen LogP contribution in [0.4, 0.5) is 0 Å². The number of aromatic nitrogens is 1. The molecule has 0 radical (unpaired) electrons. The second-order valence-electron chi connectivity index (χ2n) is 4.79. The SMILES string of the molecule is C=CCOc1ccc(CNCCCOc2ccccn2)cc1. The molecule has 0 aliphatic heterocycles. The van der Waals surface area contributed by atoms with Gasteiger partial charge in [0.05, 0.1) is 6.61 Å². The molecule has 0 spiro atoms. The first kappa shape index (κ1) is 16.0. The highest BCUT2D eigenvalue weighted by molar-refractivity contribution is 5.27. The molecule has 0 fully saturated rings. The average Bonchev–Trinajstić information content (AvgIpc) is 2.58. The molecule has 4 heteroatoms. The van der Waals surface area contributed by atoms with E-state index in [2.05, 4.69) is 29.0 Å². The van der Waals surface area contributed by atoms with Crippen molar-refractivity contribution < 1.29 is 9.47 Å². The van der Waals surface area contributed by atoms with Crippen molar-refractivity contribution in [1.29, 1.82) is 0 Å². The maximum absolute atomic E-state index is 5.54. The Morgan fingerprint density at radius 1 is 1.09 bits per heavy atom. The minimum atomic E-state index is 0.536. The van der Waals surface area contributed by atoms with E-state index in [0.29, 0.717) is 19.1 Å². The van der Waals surface area contributed by atoms with Crippen LogP contribution < -0.4 is 14.8 Å². The van der Waals surface area contributed by atoms with Crippen molar-refractivity contribution in [3.8, 4) is 11.6 Å². The molecule has 22 heavy (non-hydrogen) atoms. The molecule has 1 heterocycles. The Hall–Kier alpha value is -2.33. The van der Waals surface area contributed by atoms with Crippen LogP contribution in [0.3, 0.4) is 0 Å². The lowest BCUT2D eigenvalue weighted by atomic mass is 10.2. The summed E-state index contributed by atoms with van der Waals surface area (Å²) in [6.07, 6.45) is 4.41. The number of rotatable bonds is 10. The summed E-state index contributed by atoms with van der Waals surface area (Å²) in [5.74, 6) is 1.55. The Morgan fingerprint density at radius 3 is 2.68 bits per heavy atom. The number of hydrogen-bond donors (Lipinski definition) is 1. The fourth-order valence-corrected chi connectivity index (χ4v) is 1.90. The summed E-state index contributed by atoms with van der Waals surface area (Å²) in [5.41, 5.74) is 1.23. The summed E-state index contributed by atoms with van der Waals surface area (Å²) in [6, 6.07) is 13.7. The lowest BCUT2D eigenvalue weighted by Crippen LogP contribution is -2.17. The van der Waals surface area contributed by atoms with Crippen LogP contribution in [-0.4, -0.2) is 24.7 Å². The van der Waals surface area contributed by atoms with Crippen molar-refractivity contribution >= 4 is 0 Å². The lowest BCUT2D eigenvalue weighted by Gasteiger charge is -2.07. The smallest absolute Gasteiger partial charge is 0.213 e. The van der Waals surface area contributed by atoms with Crippen molar-refractivity contribution in [3.05, 3.63) is 66.9 Å². The summed E-state index contributed by atoms with van der Waals surface area (Å²) in [5, 5.41) is 3.39. The summed E-state index contributed by atoms with van der Waals surface area (Å²) in [7, 11) is 0. The predicted octanol–water partition coefficient (Wildman–Crippen LogP) is 3.21. The zero-order valence-corrected chi connectivity index (χ0v) is 12.7. The normalized spacial score (nSPS) is 10.2. The van der Waals surface area contributed by atoms with Gasteiger partial charge in [-0.1, -0.05) is 30.9 Å². The zero-order chi connectivity index (χ0) is 15.5. The van der Waals surface area contributed by atoms with Gasteiger partial charge in [0, 0.05) is 18.8 Å². The van der Waals surface area contributed by atoms with Gasteiger partial charge in [-0.2, -0.15) is 0 Å². The fraction of sp³-hybridized carbons (Fsp3) is 0.278. The molecule has 0 amide bonds. The van der Waals surface area contributed by atoms with Crippen molar-refractivity contribution in [3.63, 3.8) is 0 Å². The maximum Gasteiger partial charge on any atom is 0.213 e. The van der Waals surface area contributed by atoms with Gasteiger partial charge < -0.3 is 14.8 Å². The molecule has 116 valence electrons. The van der Waals surface area contributed by atoms with Crippen LogP contribution in [-0.2, 0) is 6.54 Å². The molecule has 0 aliphatic rings. The van der Waals surface area contributed by atoms with E-state index in [9.17, 15) is 0 Å². The second-order valence-corrected chi connectivity index (χ2v) is 4.79. The van der Waals surface area contributed by atoms with Crippen LogP contribution in [0.2, 0.25) is 0 Å². The average molecular weight is 298 g/mol.